The molecule has 0 aliphatic carbocycles. The van der Waals surface area contributed by atoms with Gasteiger partial charge in [0.15, 0.2) is 0 Å². The first-order chi connectivity index (χ1) is 16.9. The number of nitrogens with one attached hydrogen (secondary N) is 2. The van der Waals surface area contributed by atoms with Crippen molar-refractivity contribution < 1.29 is 23.9 Å². The summed E-state index contributed by atoms with van der Waals surface area (Å²) in [5.41, 5.74) is 2.16. The van der Waals surface area contributed by atoms with E-state index in [1.807, 2.05) is 0 Å². The van der Waals surface area contributed by atoms with Gasteiger partial charge < -0.3 is 20.1 Å². The van der Waals surface area contributed by atoms with Crippen LogP contribution in [-0.2, 0) is 20.8 Å². The fraction of sp³-hybridized carbons (Fsp3) is 0.208. The molecular formula is C24H22ClN5O5. The first-order valence-electron chi connectivity index (χ1n) is 10.8. The van der Waals surface area contributed by atoms with Crippen LogP contribution in [0, 0.1) is 0 Å². The third-order valence-electron chi connectivity index (χ3n) is 5.20. The molecule has 11 heteroatoms. The average Bonchev–Trinajstić information content (AvgIpc) is 3.36. The standard InChI is InChI=1S/C24H22ClN5O5/c1-2-34-23(32)20-19(28-24(33)29-21(20)16-7-9-18(25)10-8-16)12-35-22(31)17-5-3-15(4-6-17)11-30-14-26-13-27-30/h3-10,13-14,21H,2,11-12H2,1H3,(H2,28,29,33). The van der Waals surface area contributed by atoms with Crippen LogP contribution in [0.5, 0.6) is 0 Å². The van der Waals surface area contributed by atoms with Crippen LogP contribution >= 0.6 is 11.6 Å². The molecule has 0 saturated heterocycles. The highest BCUT2D eigenvalue weighted by Gasteiger charge is 2.34. The lowest BCUT2D eigenvalue weighted by Gasteiger charge is -2.29. The molecule has 2 N–H and O–H groups in total. The van der Waals surface area contributed by atoms with Crippen LogP contribution < -0.4 is 10.6 Å². The lowest BCUT2D eigenvalue weighted by molar-refractivity contribution is -0.139. The van der Waals surface area contributed by atoms with Gasteiger partial charge >= 0.3 is 18.0 Å². The molecule has 0 fully saturated rings. The molecular weight excluding hydrogens is 474 g/mol. The highest BCUT2D eigenvalue weighted by Crippen LogP contribution is 2.29. The number of hydrogen-bond donors (Lipinski definition) is 2. The van der Waals surface area contributed by atoms with Crippen LogP contribution in [-0.4, -0.2) is 45.9 Å². The Kier molecular flexibility index (Phi) is 7.41. The van der Waals surface area contributed by atoms with Gasteiger partial charge in [0.1, 0.15) is 19.3 Å². The number of aromatic nitrogens is 3. The van der Waals surface area contributed by atoms with Crippen molar-refractivity contribution in [3.63, 3.8) is 0 Å². The van der Waals surface area contributed by atoms with Crippen LogP contribution in [0.4, 0.5) is 4.79 Å². The number of carbonyl (C=O) groups excluding carboxylic acids is 3. The van der Waals surface area contributed by atoms with E-state index in [-0.39, 0.29) is 24.5 Å². The number of nitrogens with zero attached hydrogens (tertiary/aromatic N) is 3. The van der Waals surface area contributed by atoms with Crippen LogP contribution in [0.1, 0.15) is 34.5 Å². The van der Waals surface area contributed by atoms with Gasteiger partial charge in [0, 0.05) is 5.02 Å². The molecule has 35 heavy (non-hydrogen) atoms. The molecule has 1 aliphatic rings. The molecule has 180 valence electrons. The number of carbonyl (C=O) groups is 3. The maximum atomic E-state index is 12.8. The SMILES string of the molecule is CCOC(=O)C1=C(COC(=O)c2ccc(Cn3cncn3)cc2)NC(=O)NC1c1ccc(Cl)cc1. The first-order valence-corrected chi connectivity index (χ1v) is 11.1. The Hall–Kier alpha value is -4.18. The molecule has 1 aliphatic heterocycles. The molecule has 0 spiro atoms. The normalized spacial score (nSPS) is 15.3. The molecule has 2 aromatic carbocycles. The summed E-state index contributed by atoms with van der Waals surface area (Å²) in [7, 11) is 0. The zero-order chi connectivity index (χ0) is 24.8. The molecule has 3 aromatic rings. The summed E-state index contributed by atoms with van der Waals surface area (Å²) in [6, 6.07) is 12.2. The molecule has 0 saturated carbocycles. The lowest BCUT2D eigenvalue weighted by Crippen LogP contribution is -2.47. The molecule has 0 bridgehead atoms. The van der Waals surface area contributed by atoms with E-state index in [1.165, 1.54) is 6.33 Å². The van der Waals surface area contributed by atoms with E-state index < -0.39 is 24.0 Å². The minimum Gasteiger partial charge on any atom is -0.463 e. The van der Waals surface area contributed by atoms with Gasteiger partial charge in [0.25, 0.3) is 0 Å². The molecule has 1 aromatic heterocycles. The number of ether oxygens (including phenoxy) is 2. The van der Waals surface area contributed by atoms with Crippen molar-refractivity contribution in [1.29, 1.82) is 0 Å². The van der Waals surface area contributed by atoms with Crippen LogP contribution in [0.15, 0.2) is 72.5 Å². The number of hydrogen-bond acceptors (Lipinski definition) is 7. The van der Waals surface area contributed by atoms with Crippen molar-refractivity contribution in [3.05, 3.63) is 94.2 Å². The van der Waals surface area contributed by atoms with E-state index >= 15 is 0 Å². The largest absolute Gasteiger partial charge is 0.463 e. The summed E-state index contributed by atoms with van der Waals surface area (Å²) in [4.78, 5) is 41.7. The molecule has 0 radical (unpaired) electrons. The molecule has 4 rings (SSSR count). The summed E-state index contributed by atoms with van der Waals surface area (Å²) in [5, 5.41) is 9.84. The zero-order valence-electron chi connectivity index (χ0n) is 18.7. The molecule has 2 heterocycles. The highest BCUT2D eigenvalue weighted by molar-refractivity contribution is 6.30. The topological polar surface area (TPSA) is 124 Å². The smallest absolute Gasteiger partial charge is 0.338 e. The maximum Gasteiger partial charge on any atom is 0.338 e. The summed E-state index contributed by atoms with van der Waals surface area (Å²) >= 11 is 5.98. The van der Waals surface area contributed by atoms with Crippen molar-refractivity contribution in [3.8, 4) is 0 Å². The third kappa shape index (κ3) is 5.85. The number of halogens is 1. The summed E-state index contributed by atoms with van der Waals surface area (Å²) in [6.45, 7) is 2.00. The van der Waals surface area contributed by atoms with Crippen LogP contribution in [0.3, 0.4) is 0 Å². The van der Waals surface area contributed by atoms with Crippen molar-refractivity contribution in [2.45, 2.75) is 19.5 Å². The van der Waals surface area contributed by atoms with Gasteiger partial charge in [-0.1, -0.05) is 35.9 Å². The zero-order valence-corrected chi connectivity index (χ0v) is 19.5. The Morgan fingerprint density at radius 2 is 1.80 bits per heavy atom. The number of urea groups is 1. The molecule has 10 nitrogen and oxygen atoms in total. The van der Waals surface area contributed by atoms with Gasteiger partial charge in [-0.05, 0) is 42.3 Å². The Morgan fingerprint density at radius 3 is 2.46 bits per heavy atom. The third-order valence-corrected chi connectivity index (χ3v) is 5.45. The van der Waals surface area contributed by atoms with E-state index in [4.69, 9.17) is 21.1 Å². The number of rotatable bonds is 8. The Bertz CT molecular complexity index is 1240. The Labute approximate surface area is 205 Å². The van der Waals surface area contributed by atoms with Crippen molar-refractivity contribution in [2.24, 2.45) is 0 Å². The van der Waals surface area contributed by atoms with Gasteiger partial charge in [-0.25, -0.2) is 24.0 Å². The fourth-order valence-corrected chi connectivity index (χ4v) is 3.68. The van der Waals surface area contributed by atoms with Crippen molar-refractivity contribution in [2.75, 3.05) is 13.2 Å². The summed E-state index contributed by atoms with van der Waals surface area (Å²) in [6.07, 6.45) is 3.05. The molecule has 1 unspecified atom stereocenters. The van der Waals surface area contributed by atoms with Gasteiger partial charge in [0.05, 0.1) is 36.0 Å². The van der Waals surface area contributed by atoms with Gasteiger partial charge in [-0.15, -0.1) is 0 Å². The van der Waals surface area contributed by atoms with E-state index in [0.717, 1.165) is 5.56 Å². The van der Waals surface area contributed by atoms with Gasteiger partial charge in [-0.2, -0.15) is 5.10 Å². The van der Waals surface area contributed by atoms with E-state index in [2.05, 4.69) is 20.7 Å². The summed E-state index contributed by atoms with van der Waals surface area (Å²) < 4.78 is 12.3. The van der Waals surface area contributed by atoms with E-state index in [9.17, 15) is 14.4 Å². The second kappa shape index (κ2) is 10.8. The maximum absolute atomic E-state index is 12.8. The van der Waals surface area contributed by atoms with Crippen molar-refractivity contribution >= 4 is 29.6 Å². The minimum atomic E-state index is -0.801. The Balaban J connectivity index is 1.53. The highest BCUT2D eigenvalue weighted by atomic mass is 35.5. The number of benzene rings is 2. The summed E-state index contributed by atoms with van der Waals surface area (Å²) in [5.74, 6) is -1.24. The van der Waals surface area contributed by atoms with Crippen molar-refractivity contribution in [1.82, 2.24) is 25.4 Å². The Morgan fingerprint density at radius 1 is 1.06 bits per heavy atom. The number of esters is 2. The van der Waals surface area contributed by atoms with Gasteiger partial charge in [0.2, 0.25) is 0 Å². The quantitative estimate of drug-likeness (QED) is 0.460. The first kappa shape index (κ1) is 24.0. The van der Waals surface area contributed by atoms with Crippen LogP contribution in [0.2, 0.25) is 5.02 Å². The van der Waals surface area contributed by atoms with Crippen LogP contribution in [0.25, 0.3) is 0 Å². The predicted molar refractivity (Wildman–Crippen MR) is 125 cm³/mol. The second-order valence-electron chi connectivity index (χ2n) is 7.56. The predicted octanol–water partition coefficient (Wildman–Crippen LogP) is 3.01. The molecule has 1 atom stereocenters. The second-order valence-corrected chi connectivity index (χ2v) is 8.00. The number of amides is 2. The minimum absolute atomic E-state index is 0.137. The van der Waals surface area contributed by atoms with Gasteiger partial charge in [-0.3, -0.25) is 0 Å². The molecule has 2 amide bonds. The lowest BCUT2D eigenvalue weighted by atomic mass is 9.95. The fourth-order valence-electron chi connectivity index (χ4n) is 3.56. The van der Waals surface area contributed by atoms with E-state index in [0.29, 0.717) is 22.7 Å². The average molecular weight is 496 g/mol. The van der Waals surface area contributed by atoms with E-state index in [1.54, 1.807) is 66.5 Å². The monoisotopic (exact) mass is 495 g/mol.